The smallest absolute Gasteiger partial charge is 0.407 e. The van der Waals surface area contributed by atoms with Crippen molar-refractivity contribution in [1.82, 2.24) is 10.2 Å². The molecule has 2 aliphatic heterocycles. The number of carboxylic acids is 1. The number of fused-ring (bicyclic) bond motifs is 4. The minimum absolute atomic E-state index is 0.00375. The zero-order chi connectivity index (χ0) is 23.1. The van der Waals surface area contributed by atoms with Crippen molar-refractivity contribution in [3.63, 3.8) is 0 Å². The van der Waals surface area contributed by atoms with E-state index >= 15 is 0 Å². The number of alkyl carbamates (subject to hydrolysis) is 1. The minimum atomic E-state index is -0.890. The van der Waals surface area contributed by atoms with E-state index in [0.29, 0.717) is 13.0 Å². The molecular weight excluding hydrogens is 424 g/mol. The molecule has 8 heteroatoms. The minimum Gasteiger partial charge on any atom is -0.481 e. The van der Waals surface area contributed by atoms with Crippen LogP contribution in [-0.4, -0.2) is 66.9 Å². The van der Waals surface area contributed by atoms with Crippen LogP contribution >= 0.6 is 0 Å². The lowest BCUT2D eigenvalue weighted by atomic mass is 9.74. The van der Waals surface area contributed by atoms with Gasteiger partial charge in [0.25, 0.3) is 5.91 Å². The van der Waals surface area contributed by atoms with Gasteiger partial charge in [0.2, 0.25) is 0 Å². The van der Waals surface area contributed by atoms with Crippen molar-refractivity contribution in [3.8, 4) is 11.1 Å². The Kier molecular flexibility index (Phi) is 5.54. The van der Waals surface area contributed by atoms with Gasteiger partial charge in [-0.25, -0.2) is 4.79 Å². The number of methoxy groups -OCH3 is 1. The monoisotopic (exact) mass is 450 g/mol. The van der Waals surface area contributed by atoms with Gasteiger partial charge in [0.05, 0.1) is 12.5 Å². The van der Waals surface area contributed by atoms with Crippen LogP contribution in [0.2, 0.25) is 0 Å². The zero-order valence-electron chi connectivity index (χ0n) is 18.3. The highest BCUT2D eigenvalue weighted by molar-refractivity contribution is 5.85. The summed E-state index contributed by atoms with van der Waals surface area (Å²) in [5, 5.41) is 11.9. The van der Waals surface area contributed by atoms with Gasteiger partial charge in [-0.1, -0.05) is 48.5 Å². The van der Waals surface area contributed by atoms with Gasteiger partial charge in [0.15, 0.2) is 6.10 Å². The Morgan fingerprint density at radius 2 is 1.73 bits per heavy atom. The quantitative estimate of drug-likeness (QED) is 0.672. The van der Waals surface area contributed by atoms with Crippen LogP contribution in [0.5, 0.6) is 0 Å². The molecule has 2 saturated heterocycles. The first-order chi connectivity index (χ1) is 16.0. The fraction of sp³-hybridized carbons (Fsp3) is 0.400. The second-order valence-corrected chi connectivity index (χ2v) is 8.85. The van der Waals surface area contributed by atoms with Gasteiger partial charge < -0.3 is 24.8 Å². The number of hydrogen-bond donors (Lipinski definition) is 2. The average Bonchev–Trinajstić information content (AvgIpc) is 3.48. The van der Waals surface area contributed by atoms with Crippen LogP contribution in [0.4, 0.5) is 4.79 Å². The number of amides is 2. The number of carbonyl (C=O) groups is 3. The number of rotatable bonds is 7. The highest BCUT2D eigenvalue weighted by Gasteiger charge is 2.57. The van der Waals surface area contributed by atoms with E-state index in [-0.39, 0.29) is 36.9 Å². The van der Waals surface area contributed by atoms with Crippen molar-refractivity contribution in [2.75, 3.05) is 26.8 Å². The molecule has 4 atom stereocenters. The lowest BCUT2D eigenvalue weighted by Crippen LogP contribution is -2.50. The lowest BCUT2D eigenvalue weighted by Gasteiger charge is -2.34. The third kappa shape index (κ3) is 3.64. The number of nitrogens with one attached hydrogen (secondary N) is 1. The van der Waals surface area contributed by atoms with Gasteiger partial charge >= 0.3 is 12.1 Å². The summed E-state index contributed by atoms with van der Waals surface area (Å²) in [5.74, 6) is -1.71. The van der Waals surface area contributed by atoms with E-state index in [1.165, 1.54) is 7.11 Å². The fourth-order valence-electron chi connectivity index (χ4n) is 5.52. The van der Waals surface area contributed by atoms with Gasteiger partial charge in [-0.3, -0.25) is 9.59 Å². The topological polar surface area (TPSA) is 105 Å². The molecule has 2 aliphatic carbocycles. The van der Waals surface area contributed by atoms with Crippen LogP contribution in [0.1, 0.15) is 23.5 Å². The Morgan fingerprint density at radius 1 is 1.09 bits per heavy atom. The van der Waals surface area contributed by atoms with E-state index in [1.54, 1.807) is 4.90 Å². The third-order valence-electron chi connectivity index (χ3n) is 7.20. The van der Waals surface area contributed by atoms with Crippen LogP contribution < -0.4 is 5.32 Å². The van der Waals surface area contributed by atoms with Gasteiger partial charge in [0.1, 0.15) is 6.61 Å². The zero-order valence-corrected chi connectivity index (χ0v) is 18.3. The average molecular weight is 450 g/mol. The van der Waals surface area contributed by atoms with Gasteiger partial charge in [-0.05, 0) is 34.6 Å². The molecule has 2 N–H and O–H groups in total. The van der Waals surface area contributed by atoms with Gasteiger partial charge in [-0.2, -0.15) is 0 Å². The Bertz CT molecular complexity index is 1060. The SMILES string of the molecule is COC(CNC(=O)OCC1c2ccccc2-c2ccccc21)C(=O)N1CC2CC1C2C(=O)O. The van der Waals surface area contributed by atoms with Crippen molar-refractivity contribution < 1.29 is 29.0 Å². The van der Waals surface area contributed by atoms with Crippen molar-refractivity contribution in [2.24, 2.45) is 11.8 Å². The summed E-state index contributed by atoms with van der Waals surface area (Å²) in [7, 11) is 1.40. The van der Waals surface area contributed by atoms with E-state index < -0.39 is 24.1 Å². The van der Waals surface area contributed by atoms with E-state index in [1.807, 2.05) is 36.4 Å². The van der Waals surface area contributed by atoms with Crippen molar-refractivity contribution in [1.29, 1.82) is 0 Å². The molecule has 172 valence electrons. The molecular formula is C25H26N2O6. The third-order valence-corrected chi connectivity index (χ3v) is 7.20. The molecule has 0 aromatic heterocycles. The number of carboxylic acid groups (broad SMARTS) is 1. The number of benzene rings is 2. The maximum atomic E-state index is 12.9. The second kappa shape index (κ2) is 8.51. The molecule has 0 radical (unpaired) electrons. The normalized spacial score (nSPS) is 23.3. The number of nitrogens with zero attached hydrogens (tertiary/aromatic N) is 1. The number of aliphatic carboxylic acids is 1. The maximum Gasteiger partial charge on any atom is 0.407 e. The Balaban J connectivity index is 1.17. The number of carbonyl (C=O) groups excluding carboxylic acids is 2. The Hall–Kier alpha value is -3.39. The summed E-state index contributed by atoms with van der Waals surface area (Å²) in [6.45, 7) is 0.560. The number of ether oxygens (including phenoxy) is 2. The summed E-state index contributed by atoms with van der Waals surface area (Å²) in [6.07, 6.45) is -0.806. The lowest BCUT2D eigenvalue weighted by molar-refractivity contribution is -0.150. The summed E-state index contributed by atoms with van der Waals surface area (Å²) < 4.78 is 10.8. The molecule has 2 aromatic rings. The van der Waals surface area contributed by atoms with Crippen molar-refractivity contribution >= 4 is 18.0 Å². The molecule has 8 nitrogen and oxygen atoms in total. The molecule has 0 spiro atoms. The highest BCUT2D eigenvalue weighted by Crippen LogP contribution is 2.47. The first-order valence-corrected chi connectivity index (χ1v) is 11.1. The van der Waals surface area contributed by atoms with Crippen LogP contribution in [-0.2, 0) is 19.1 Å². The molecule has 2 aromatic carbocycles. The molecule has 2 amide bonds. The van der Waals surface area contributed by atoms with E-state index in [9.17, 15) is 19.5 Å². The first kappa shape index (κ1) is 21.5. The maximum absolute atomic E-state index is 12.9. The highest BCUT2D eigenvalue weighted by atomic mass is 16.5. The molecule has 1 saturated carbocycles. The fourth-order valence-corrected chi connectivity index (χ4v) is 5.52. The van der Waals surface area contributed by atoms with Crippen molar-refractivity contribution in [3.05, 3.63) is 59.7 Å². The van der Waals surface area contributed by atoms with Crippen molar-refractivity contribution in [2.45, 2.75) is 24.5 Å². The molecule has 2 heterocycles. The summed E-state index contributed by atoms with van der Waals surface area (Å²) in [5.41, 5.74) is 4.54. The first-order valence-electron chi connectivity index (χ1n) is 11.1. The van der Waals surface area contributed by atoms with E-state index in [4.69, 9.17) is 9.47 Å². The predicted molar refractivity (Wildman–Crippen MR) is 119 cm³/mol. The Morgan fingerprint density at radius 3 is 2.30 bits per heavy atom. The number of hydrogen-bond acceptors (Lipinski definition) is 5. The van der Waals surface area contributed by atoms with Crippen LogP contribution in [0.3, 0.4) is 0 Å². The molecule has 4 unspecified atom stereocenters. The summed E-state index contributed by atoms with van der Waals surface area (Å²) in [6, 6.07) is 15.9. The van der Waals surface area contributed by atoms with E-state index in [2.05, 4.69) is 17.4 Å². The molecule has 33 heavy (non-hydrogen) atoms. The van der Waals surface area contributed by atoms with Crippen LogP contribution in [0.15, 0.2) is 48.5 Å². The molecule has 6 rings (SSSR count). The molecule has 3 fully saturated rings. The van der Waals surface area contributed by atoms with Crippen LogP contribution in [0.25, 0.3) is 11.1 Å². The summed E-state index contributed by atoms with van der Waals surface area (Å²) in [4.78, 5) is 38.2. The standard InChI is InChI=1S/C25H26N2O6/c1-32-21(23(28)27-12-14-10-20(27)22(14)24(29)30)11-26-25(31)33-13-19-17-8-4-2-6-15(17)16-7-3-5-9-18(16)19/h2-9,14,19-22H,10-13H2,1H3,(H,26,31)(H,29,30). The molecule has 2 bridgehead atoms. The van der Waals surface area contributed by atoms with Crippen LogP contribution in [0, 0.1) is 11.8 Å². The Labute approximate surface area is 191 Å². The van der Waals surface area contributed by atoms with E-state index in [0.717, 1.165) is 22.3 Å². The van der Waals surface area contributed by atoms with Gasteiger partial charge in [-0.15, -0.1) is 0 Å². The van der Waals surface area contributed by atoms with Gasteiger partial charge in [0, 0.05) is 25.6 Å². The molecule has 4 aliphatic rings. The summed E-state index contributed by atoms with van der Waals surface area (Å²) >= 11 is 0. The largest absolute Gasteiger partial charge is 0.481 e. The second-order valence-electron chi connectivity index (χ2n) is 8.85. The predicted octanol–water partition coefficient (Wildman–Crippen LogP) is 2.47.